The van der Waals surface area contributed by atoms with Gasteiger partial charge >= 0.3 is 0 Å². The van der Waals surface area contributed by atoms with Crippen LogP contribution in [0.2, 0.25) is 0 Å². The minimum atomic E-state index is 0.581. The molecule has 1 heterocycles. The number of aromatic nitrogens is 2. The Labute approximate surface area is 109 Å². The fourth-order valence-electron chi connectivity index (χ4n) is 1.92. The second-order valence-electron chi connectivity index (χ2n) is 4.86. The van der Waals surface area contributed by atoms with Crippen LogP contribution < -0.4 is 5.32 Å². The number of hydrogen-bond acceptors (Lipinski definition) is 2. The van der Waals surface area contributed by atoms with E-state index in [4.69, 9.17) is 0 Å². The summed E-state index contributed by atoms with van der Waals surface area (Å²) in [7, 11) is 0. The van der Waals surface area contributed by atoms with Gasteiger partial charge in [0.25, 0.3) is 0 Å². The normalized spacial score (nSPS) is 10.8. The lowest BCUT2D eigenvalue weighted by molar-refractivity contribution is 0.661. The van der Waals surface area contributed by atoms with Gasteiger partial charge in [-0.1, -0.05) is 26.0 Å². The molecule has 2 rings (SSSR count). The van der Waals surface area contributed by atoms with Gasteiger partial charge in [0.2, 0.25) is 0 Å². The Kier molecular flexibility index (Phi) is 4.40. The second-order valence-corrected chi connectivity index (χ2v) is 4.86. The van der Waals surface area contributed by atoms with E-state index in [1.54, 1.807) is 0 Å². The topological polar surface area (TPSA) is 29.9 Å². The van der Waals surface area contributed by atoms with Gasteiger partial charge in [-0.05, 0) is 30.0 Å². The number of nitrogens with one attached hydrogen (secondary N) is 1. The standard InChI is InChI=1S/C15H21N3/c1-13(2)14-5-3-6-15(11-14)17-7-4-9-18-10-8-16-12-18/h3,5-6,8,10-13,17H,4,7,9H2,1-2H3. The van der Waals surface area contributed by atoms with Crippen LogP contribution in [0.4, 0.5) is 5.69 Å². The van der Waals surface area contributed by atoms with Crippen molar-refractivity contribution >= 4 is 5.69 Å². The van der Waals surface area contributed by atoms with Crippen LogP contribution in [0.15, 0.2) is 43.0 Å². The molecule has 0 unspecified atom stereocenters. The predicted octanol–water partition coefficient (Wildman–Crippen LogP) is 3.51. The second kappa shape index (κ2) is 6.24. The summed E-state index contributed by atoms with van der Waals surface area (Å²) in [5.41, 5.74) is 2.60. The number of aryl methyl sites for hydroxylation is 1. The maximum Gasteiger partial charge on any atom is 0.0945 e. The summed E-state index contributed by atoms with van der Waals surface area (Å²) in [5.74, 6) is 0.581. The van der Waals surface area contributed by atoms with Crippen molar-refractivity contribution in [3.05, 3.63) is 48.5 Å². The third-order valence-electron chi connectivity index (χ3n) is 3.03. The quantitative estimate of drug-likeness (QED) is 0.787. The molecule has 18 heavy (non-hydrogen) atoms. The maximum atomic E-state index is 4.03. The highest BCUT2D eigenvalue weighted by atomic mass is 15.0. The van der Waals surface area contributed by atoms with E-state index in [-0.39, 0.29) is 0 Å². The van der Waals surface area contributed by atoms with Crippen molar-refractivity contribution < 1.29 is 0 Å². The van der Waals surface area contributed by atoms with Gasteiger partial charge in [0.15, 0.2) is 0 Å². The summed E-state index contributed by atoms with van der Waals surface area (Å²) in [4.78, 5) is 4.03. The Hall–Kier alpha value is -1.77. The van der Waals surface area contributed by atoms with E-state index in [1.807, 2.05) is 18.7 Å². The molecule has 3 heteroatoms. The smallest absolute Gasteiger partial charge is 0.0945 e. The Bertz CT molecular complexity index is 460. The highest BCUT2D eigenvalue weighted by molar-refractivity contribution is 5.46. The molecule has 1 aromatic carbocycles. The zero-order valence-corrected chi connectivity index (χ0v) is 11.1. The zero-order valence-electron chi connectivity index (χ0n) is 11.1. The Morgan fingerprint density at radius 2 is 2.22 bits per heavy atom. The van der Waals surface area contributed by atoms with E-state index in [9.17, 15) is 0 Å². The lowest BCUT2D eigenvalue weighted by Crippen LogP contribution is -2.06. The van der Waals surface area contributed by atoms with Crippen molar-refractivity contribution in [1.82, 2.24) is 9.55 Å². The van der Waals surface area contributed by atoms with Gasteiger partial charge in [-0.2, -0.15) is 0 Å². The minimum absolute atomic E-state index is 0.581. The fourth-order valence-corrected chi connectivity index (χ4v) is 1.92. The van der Waals surface area contributed by atoms with E-state index in [1.165, 1.54) is 11.3 Å². The number of anilines is 1. The van der Waals surface area contributed by atoms with E-state index in [0.29, 0.717) is 5.92 Å². The number of benzene rings is 1. The minimum Gasteiger partial charge on any atom is -0.385 e. The summed E-state index contributed by atoms with van der Waals surface area (Å²) >= 11 is 0. The molecule has 1 aromatic heterocycles. The average Bonchev–Trinajstić information content (AvgIpc) is 2.88. The molecule has 0 saturated heterocycles. The first-order chi connectivity index (χ1) is 8.75. The van der Waals surface area contributed by atoms with Crippen LogP contribution in [0.3, 0.4) is 0 Å². The van der Waals surface area contributed by atoms with Crippen LogP contribution in [-0.2, 0) is 6.54 Å². The first-order valence-electron chi connectivity index (χ1n) is 6.55. The number of imidazole rings is 1. The van der Waals surface area contributed by atoms with Crippen molar-refractivity contribution in [2.45, 2.75) is 32.7 Å². The lowest BCUT2D eigenvalue weighted by Gasteiger charge is -2.10. The van der Waals surface area contributed by atoms with Crippen LogP contribution in [0, 0.1) is 0 Å². The van der Waals surface area contributed by atoms with Crippen LogP contribution in [0.25, 0.3) is 0 Å². The van der Waals surface area contributed by atoms with Gasteiger partial charge in [-0.15, -0.1) is 0 Å². The van der Waals surface area contributed by atoms with Gasteiger partial charge in [0.1, 0.15) is 0 Å². The van der Waals surface area contributed by atoms with Gasteiger partial charge in [-0.25, -0.2) is 4.98 Å². The van der Waals surface area contributed by atoms with Crippen molar-refractivity contribution in [3.63, 3.8) is 0 Å². The highest BCUT2D eigenvalue weighted by Gasteiger charge is 1.99. The van der Waals surface area contributed by atoms with Crippen molar-refractivity contribution in [1.29, 1.82) is 0 Å². The summed E-state index contributed by atoms with van der Waals surface area (Å²) in [6, 6.07) is 8.67. The molecular weight excluding hydrogens is 222 g/mol. The molecule has 0 amide bonds. The van der Waals surface area contributed by atoms with Crippen LogP contribution in [0.5, 0.6) is 0 Å². The summed E-state index contributed by atoms with van der Waals surface area (Å²) in [6.45, 7) is 6.44. The van der Waals surface area contributed by atoms with Crippen LogP contribution in [-0.4, -0.2) is 16.1 Å². The molecule has 0 spiro atoms. The van der Waals surface area contributed by atoms with Gasteiger partial charge in [0.05, 0.1) is 6.33 Å². The van der Waals surface area contributed by atoms with E-state index < -0.39 is 0 Å². The van der Waals surface area contributed by atoms with E-state index in [2.05, 4.69) is 53.0 Å². The highest BCUT2D eigenvalue weighted by Crippen LogP contribution is 2.18. The van der Waals surface area contributed by atoms with Crippen molar-refractivity contribution in [3.8, 4) is 0 Å². The monoisotopic (exact) mass is 243 g/mol. The average molecular weight is 243 g/mol. The largest absolute Gasteiger partial charge is 0.385 e. The van der Waals surface area contributed by atoms with Gasteiger partial charge in [0, 0.05) is 31.2 Å². The molecular formula is C15H21N3. The van der Waals surface area contributed by atoms with Crippen molar-refractivity contribution in [2.24, 2.45) is 0 Å². The zero-order chi connectivity index (χ0) is 12.8. The Morgan fingerprint density at radius 3 is 2.94 bits per heavy atom. The molecule has 0 aliphatic carbocycles. The van der Waals surface area contributed by atoms with E-state index >= 15 is 0 Å². The maximum absolute atomic E-state index is 4.03. The van der Waals surface area contributed by atoms with Crippen LogP contribution >= 0.6 is 0 Å². The predicted molar refractivity (Wildman–Crippen MR) is 75.9 cm³/mol. The molecule has 0 radical (unpaired) electrons. The summed E-state index contributed by atoms with van der Waals surface area (Å²) in [6.07, 6.45) is 6.78. The molecule has 2 aromatic rings. The molecule has 0 saturated carbocycles. The summed E-state index contributed by atoms with van der Waals surface area (Å²) < 4.78 is 2.10. The molecule has 0 atom stereocenters. The van der Waals surface area contributed by atoms with Gasteiger partial charge in [-0.3, -0.25) is 0 Å². The summed E-state index contributed by atoms with van der Waals surface area (Å²) in [5, 5.41) is 3.47. The number of nitrogens with zero attached hydrogens (tertiary/aromatic N) is 2. The Morgan fingerprint density at radius 1 is 1.33 bits per heavy atom. The molecule has 0 aliphatic heterocycles. The lowest BCUT2D eigenvalue weighted by atomic mass is 10.0. The van der Waals surface area contributed by atoms with Crippen LogP contribution in [0.1, 0.15) is 31.7 Å². The first kappa shape index (κ1) is 12.7. The third kappa shape index (κ3) is 3.62. The molecule has 1 N–H and O–H groups in total. The number of hydrogen-bond donors (Lipinski definition) is 1. The van der Waals surface area contributed by atoms with Gasteiger partial charge < -0.3 is 9.88 Å². The first-order valence-corrected chi connectivity index (χ1v) is 6.55. The third-order valence-corrected chi connectivity index (χ3v) is 3.03. The Balaban J connectivity index is 1.78. The molecule has 96 valence electrons. The SMILES string of the molecule is CC(C)c1cccc(NCCCn2ccnc2)c1. The molecule has 0 aliphatic rings. The number of rotatable bonds is 6. The van der Waals surface area contributed by atoms with E-state index in [0.717, 1.165) is 19.5 Å². The fraction of sp³-hybridized carbons (Fsp3) is 0.400. The molecule has 0 fully saturated rings. The van der Waals surface area contributed by atoms with Crippen molar-refractivity contribution in [2.75, 3.05) is 11.9 Å². The molecule has 3 nitrogen and oxygen atoms in total. The molecule has 0 bridgehead atoms.